The minimum Gasteiger partial charge on any atom is -0.487 e. The molecule has 0 aromatic heterocycles. The lowest BCUT2D eigenvalue weighted by Crippen LogP contribution is -2.13. The smallest absolute Gasteiger partial charge is 0.238 e. The Morgan fingerprint density at radius 1 is 0.889 bits per heavy atom. The van der Waals surface area contributed by atoms with Gasteiger partial charge in [0.05, 0.1) is 6.42 Å². The second kappa shape index (κ2) is 7.83. The SMILES string of the molecule is C=Cc1ccc(OCC2=N[N+](c3ccccc3)=C(c3ccccc3)C2)cc1. The maximum absolute atomic E-state index is 5.95. The molecule has 1 aliphatic heterocycles. The molecule has 1 heterocycles. The zero-order chi connectivity index (χ0) is 18.5. The Morgan fingerprint density at radius 3 is 2.22 bits per heavy atom. The molecule has 3 aromatic rings. The van der Waals surface area contributed by atoms with Crippen LogP contribution in [0.25, 0.3) is 6.08 Å². The molecule has 0 radical (unpaired) electrons. The molecule has 3 aromatic carbocycles. The number of para-hydroxylation sites is 1. The van der Waals surface area contributed by atoms with Gasteiger partial charge in [-0.05, 0) is 34.5 Å². The van der Waals surface area contributed by atoms with E-state index in [2.05, 4.69) is 43.0 Å². The van der Waals surface area contributed by atoms with Crippen LogP contribution in [0.1, 0.15) is 17.5 Å². The number of benzene rings is 3. The Labute approximate surface area is 159 Å². The van der Waals surface area contributed by atoms with Crippen LogP contribution in [-0.4, -0.2) is 22.7 Å². The summed E-state index contributed by atoms with van der Waals surface area (Å²) in [5, 5.41) is 4.84. The Bertz CT molecular complexity index is 988. The summed E-state index contributed by atoms with van der Waals surface area (Å²) in [5.41, 5.74) is 5.49. The molecule has 4 rings (SSSR count). The molecule has 0 atom stereocenters. The van der Waals surface area contributed by atoms with Crippen LogP contribution in [-0.2, 0) is 0 Å². The molecule has 3 nitrogen and oxygen atoms in total. The summed E-state index contributed by atoms with van der Waals surface area (Å²) in [5.74, 6) is 0.836. The molecule has 27 heavy (non-hydrogen) atoms. The first-order chi connectivity index (χ1) is 13.3. The maximum atomic E-state index is 5.95. The summed E-state index contributed by atoms with van der Waals surface area (Å²) in [6.07, 6.45) is 2.59. The van der Waals surface area contributed by atoms with E-state index in [1.54, 1.807) is 0 Å². The first-order valence-corrected chi connectivity index (χ1v) is 9.01. The van der Waals surface area contributed by atoms with Crippen LogP contribution in [0.4, 0.5) is 5.69 Å². The lowest BCUT2D eigenvalue weighted by molar-refractivity contribution is -0.441. The fourth-order valence-corrected chi connectivity index (χ4v) is 3.09. The van der Waals surface area contributed by atoms with Crippen molar-refractivity contribution in [1.82, 2.24) is 0 Å². The highest BCUT2D eigenvalue weighted by Gasteiger charge is 2.29. The molecule has 0 fully saturated rings. The topological polar surface area (TPSA) is 24.6 Å². The summed E-state index contributed by atoms with van der Waals surface area (Å²) >= 11 is 0. The minimum absolute atomic E-state index is 0.465. The lowest BCUT2D eigenvalue weighted by Gasteiger charge is -2.04. The number of hydrogen-bond acceptors (Lipinski definition) is 2. The summed E-state index contributed by atoms with van der Waals surface area (Å²) in [6, 6.07) is 28.5. The third-order valence-electron chi connectivity index (χ3n) is 4.50. The van der Waals surface area contributed by atoms with Gasteiger partial charge in [-0.3, -0.25) is 0 Å². The Morgan fingerprint density at radius 2 is 1.56 bits per heavy atom. The van der Waals surface area contributed by atoms with Crippen molar-refractivity contribution in [2.45, 2.75) is 6.42 Å². The third-order valence-corrected chi connectivity index (χ3v) is 4.50. The zero-order valence-corrected chi connectivity index (χ0v) is 15.1. The van der Waals surface area contributed by atoms with Gasteiger partial charge in [-0.2, -0.15) is 0 Å². The molecule has 0 spiro atoms. The quantitative estimate of drug-likeness (QED) is 0.552. The van der Waals surface area contributed by atoms with E-state index in [4.69, 9.17) is 9.84 Å². The summed E-state index contributed by atoms with van der Waals surface area (Å²) in [7, 11) is 0. The fraction of sp³-hybridized carbons (Fsp3) is 0.0833. The molecule has 0 saturated carbocycles. The van der Waals surface area contributed by atoms with E-state index in [9.17, 15) is 0 Å². The molecule has 132 valence electrons. The fourth-order valence-electron chi connectivity index (χ4n) is 3.09. The van der Waals surface area contributed by atoms with E-state index in [0.717, 1.165) is 29.1 Å². The van der Waals surface area contributed by atoms with Crippen molar-refractivity contribution in [3.63, 3.8) is 0 Å². The van der Waals surface area contributed by atoms with E-state index >= 15 is 0 Å². The molecule has 0 aliphatic carbocycles. The highest BCUT2D eigenvalue weighted by atomic mass is 16.5. The van der Waals surface area contributed by atoms with E-state index in [0.29, 0.717) is 6.61 Å². The van der Waals surface area contributed by atoms with Crippen LogP contribution in [0.5, 0.6) is 5.75 Å². The highest BCUT2D eigenvalue weighted by Crippen LogP contribution is 2.21. The predicted octanol–water partition coefficient (Wildman–Crippen LogP) is 5.30. The van der Waals surface area contributed by atoms with Gasteiger partial charge in [0.1, 0.15) is 18.1 Å². The first-order valence-electron chi connectivity index (χ1n) is 9.01. The molecule has 0 amide bonds. The van der Waals surface area contributed by atoms with Gasteiger partial charge in [-0.1, -0.05) is 61.2 Å². The Balaban J connectivity index is 1.56. The summed E-state index contributed by atoms with van der Waals surface area (Å²) in [6.45, 7) is 4.24. The Kier molecular flexibility index (Phi) is 4.93. The van der Waals surface area contributed by atoms with Crippen LogP contribution in [0.2, 0.25) is 0 Å². The van der Waals surface area contributed by atoms with E-state index in [1.807, 2.05) is 59.3 Å². The second-order valence-corrected chi connectivity index (χ2v) is 6.36. The van der Waals surface area contributed by atoms with Crippen molar-refractivity contribution < 1.29 is 9.42 Å². The van der Waals surface area contributed by atoms with Gasteiger partial charge in [-0.25, -0.2) is 0 Å². The largest absolute Gasteiger partial charge is 0.487 e. The van der Waals surface area contributed by atoms with Gasteiger partial charge in [0.25, 0.3) is 0 Å². The standard InChI is InChI=1S/C24H21N2O/c1-2-19-13-15-23(16-14-19)27-18-21-17-24(20-9-5-3-6-10-20)26(25-21)22-11-7-4-8-12-22/h2-16H,1,17-18H2/q+1. The number of rotatable bonds is 6. The van der Waals surface area contributed by atoms with Gasteiger partial charge >= 0.3 is 0 Å². The van der Waals surface area contributed by atoms with Crippen LogP contribution in [0.3, 0.4) is 0 Å². The van der Waals surface area contributed by atoms with Crippen molar-refractivity contribution in [2.24, 2.45) is 5.10 Å². The van der Waals surface area contributed by atoms with E-state index < -0.39 is 0 Å². The monoisotopic (exact) mass is 353 g/mol. The number of nitrogens with zero attached hydrogens (tertiary/aromatic N) is 2. The molecule has 1 aliphatic rings. The van der Waals surface area contributed by atoms with Crippen LogP contribution in [0.15, 0.2) is 96.6 Å². The molecule has 0 unspecified atom stereocenters. The molecule has 0 bridgehead atoms. The van der Waals surface area contributed by atoms with Gasteiger partial charge in [-0.15, -0.1) is 0 Å². The predicted molar refractivity (Wildman–Crippen MR) is 111 cm³/mol. The van der Waals surface area contributed by atoms with E-state index in [1.165, 1.54) is 11.3 Å². The van der Waals surface area contributed by atoms with Crippen LogP contribution >= 0.6 is 0 Å². The minimum atomic E-state index is 0.465. The average molecular weight is 353 g/mol. The van der Waals surface area contributed by atoms with Gasteiger partial charge in [0, 0.05) is 22.8 Å². The van der Waals surface area contributed by atoms with Gasteiger partial charge in [0.15, 0.2) is 0 Å². The third kappa shape index (κ3) is 3.87. The summed E-state index contributed by atoms with van der Waals surface area (Å²) in [4.78, 5) is 0. The first kappa shape index (κ1) is 17.0. The van der Waals surface area contributed by atoms with Crippen molar-refractivity contribution in [3.05, 3.63) is 103 Å². The van der Waals surface area contributed by atoms with Crippen molar-refractivity contribution in [1.29, 1.82) is 0 Å². The molecular formula is C24H21N2O+. The van der Waals surface area contributed by atoms with Crippen molar-refractivity contribution >= 4 is 23.2 Å². The number of hydrogen-bond donors (Lipinski definition) is 0. The van der Waals surface area contributed by atoms with Crippen molar-refractivity contribution in [2.75, 3.05) is 6.61 Å². The number of hydrazone groups is 1. The van der Waals surface area contributed by atoms with Gasteiger partial charge in [0.2, 0.25) is 11.4 Å². The molecule has 3 heteroatoms. The van der Waals surface area contributed by atoms with Crippen LogP contribution < -0.4 is 4.74 Å². The normalized spacial score (nSPS) is 13.4. The van der Waals surface area contributed by atoms with Crippen LogP contribution in [0, 0.1) is 0 Å². The maximum Gasteiger partial charge on any atom is 0.238 e. The van der Waals surface area contributed by atoms with Gasteiger partial charge < -0.3 is 4.74 Å². The second-order valence-electron chi connectivity index (χ2n) is 6.36. The van der Waals surface area contributed by atoms with Crippen molar-refractivity contribution in [3.8, 4) is 5.75 Å². The highest BCUT2D eigenvalue weighted by molar-refractivity contribution is 6.12. The molecule has 0 N–H and O–H groups in total. The number of ether oxygens (including phenoxy) is 1. The summed E-state index contributed by atoms with van der Waals surface area (Å²) < 4.78 is 7.98. The zero-order valence-electron chi connectivity index (χ0n) is 15.1. The molecule has 0 saturated heterocycles. The Hall–Kier alpha value is -3.46. The molecular weight excluding hydrogens is 332 g/mol. The average Bonchev–Trinajstić information content (AvgIpc) is 3.18. The van der Waals surface area contributed by atoms with E-state index in [-0.39, 0.29) is 0 Å². The lowest BCUT2D eigenvalue weighted by atomic mass is 10.1.